The third-order valence-electron chi connectivity index (χ3n) is 4.57. The Morgan fingerprint density at radius 3 is 2.81 bits per heavy atom. The number of rotatable bonds is 4. The number of carbonyl (C=O) groups excluding carboxylic acids is 1. The third kappa shape index (κ3) is 3.20. The van der Waals surface area contributed by atoms with Gasteiger partial charge in [0, 0.05) is 18.7 Å². The van der Waals surface area contributed by atoms with Gasteiger partial charge in [0.05, 0.1) is 19.3 Å². The Labute approximate surface area is 150 Å². The molecule has 0 spiro atoms. The maximum atomic E-state index is 12.5. The topological polar surface area (TPSA) is 81.6 Å². The first kappa shape index (κ1) is 16.4. The highest BCUT2D eigenvalue weighted by Gasteiger charge is 2.30. The molecule has 0 unspecified atom stereocenters. The van der Waals surface area contributed by atoms with Gasteiger partial charge in [-0.05, 0) is 49.2 Å². The summed E-state index contributed by atoms with van der Waals surface area (Å²) < 4.78 is 16.3. The number of amides is 1. The molecule has 1 fully saturated rings. The Hall–Kier alpha value is -3.09. The number of nitrogens with zero attached hydrogens (tertiary/aromatic N) is 3. The average Bonchev–Trinajstić information content (AvgIpc) is 3.40. The van der Waals surface area contributed by atoms with Crippen LogP contribution in [0.15, 0.2) is 51.5 Å². The van der Waals surface area contributed by atoms with Gasteiger partial charge in [-0.15, -0.1) is 10.2 Å². The molecule has 1 aliphatic rings. The van der Waals surface area contributed by atoms with Crippen molar-refractivity contribution >= 4 is 5.91 Å². The summed E-state index contributed by atoms with van der Waals surface area (Å²) in [5.41, 5.74) is 0.837. The van der Waals surface area contributed by atoms with Crippen LogP contribution in [0.4, 0.5) is 0 Å². The maximum absolute atomic E-state index is 12.5. The second-order valence-electron chi connectivity index (χ2n) is 6.24. The number of carbonyl (C=O) groups is 1. The minimum absolute atomic E-state index is 0.0298. The Morgan fingerprint density at radius 1 is 1.23 bits per heavy atom. The van der Waals surface area contributed by atoms with E-state index in [1.165, 1.54) is 6.26 Å². The smallest absolute Gasteiger partial charge is 0.289 e. The molecule has 0 saturated carbocycles. The first-order chi connectivity index (χ1) is 12.7. The summed E-state index contributed by atoms with van der Waals surface area (Å²) in [5.74, 6) is 2.09. The van der Waals surface area contributed by atoms with Crippen LogP contribution in [0.1, 0.15) is 35.2 Å². The van der Waals surface area contributed by atoms with E-state index in [-0.39, 0.29) is 11.8 Å². The Morgan fingerprint density at radius 2 is 2.08 bits per heavy atom. The molecule has 0 N–H and O–H groups in total. The molecule has 134 valence electrons. The fourth-order valence-corrected chi connectivity index (χ4v) is 3.17. The fraction of sp³-hybridized carbons (Fsp3) is 0.316. The number of piperidine rings is 1. The average molecular weight is 353 g/mol. The lowest BCUT2D eigenvalue weighted by Crippen LogP contribution is -2.39. The molecule has 1 aromatic carbocycles. The molecular formula is C19H19N3O4. The van der Waals surface area contributed by atoms with Gasteiger partial charge in [0.1, 0.15) is 5.75 Å². The van der Waals surface area contributed by atoms with Gasteiger partial charge in [-0.3, -0.25) is 4.79 Å². The molecule has 2 aromatic heterocycles. The molecule has 1 amide bonds. The van der Waals surface area contributed by atoms with Crippen molar-refractivity contribution in [3.05, 3.63) is 54.3 Å². The number of hydrogen-bond acceptors (Lipinski definition) is 6. The summed E-state index contributed by atoms with van der Waals surface area (Å²) in [6.45, 7) is 1.25. The Bertz CT molecular complexity index is 871. The first-order valence-electron chi connectivity index (χ1n) is 8.55. The summed E-state index contributed by atoms with van der Waals surface area (Å²) in [5, 5.41) is 8.36. The number of likely N-dealkylation sites (tertiary alicyclic amines) is 1. The molecule has 0 aliphatic carbocycles. The predicted molar refractivity (Wildman–Crippen MR) is 92.9 cm³/mol. The van der Waals surface area contributed by atoms with Crippen molar-refractivity contribution in [2.24, 2.45) is 0 Å². The third-order valence-corrected chi connectivity index (χ3v) is 4.57. The van der Waals surface area contributed by atoms with E-state index < -0.39 is 0 Å². The summed E-state index contributed by atoms with van der Waals surface area (Å²) in [6.07, 6.45) is 3.30. The van der Waals surface area contributed by atoms with Crippen molar-refractivity contribution in [3.8, 4) is 17.2 Å². The predicted octanol–water partition coefficient (Wildman–Crippen LogP) is 3.36. The van der Waals surface area contributed by atoms with Crippen LogP contribution in [0.25, 0.3) is 11.5 Å². The van der Waals surface area contributed by atoms with Crippen LogP contribution >= 0.6 is 0 Å². The first-order valence-corrected chi connectivity index (χ1v) is 8.55. The van der Waals surface area contributed by atoms with Gasteiger partial charge in [0.2, 0.25) is 11.8 Å². The lowest BCUT2D eigenvalue weighted by atomic mass is 9.98. The highest BCUT2D eigenvalue weighted by atomic mass is 16.5. The molecule has 0 bridgehead atoms. The summed E-state index contributed by atoms with van der Waals surface area (Å²) in [7, 11) is 1.62. The van der Waals surface area contributed by atoms with Gasteiger partial charge in [-0.2, -0.15) is 0 Å². The van der Waals surface area contributed by atoms with E-state index >= 15 is 0 Å². The normalized spacial score (nSPS) is 17.3. The van der Waals surface area contributed by atoms with E-state index in [2.05, 4.69) is 10.2 Å². The van der Waals surface area contributed by atoms with Crippen molar-refractivity contribution < 1.29 is 18.4 Å². The van der Waals surface area contributed by atoms with Crippen LogP contribution in [0.5, 0.6) is 5.75 Å². The highest BCUT2D eigenvalue weighted by Crippen LogP contribution is 2.29. The van der Waals surface area contributed by atoms with Crippen molar-refractivity contribution in [2.45, 2.75) is 18.8 Å². The second kappa shape index (κ2) is 7.03. The molecule has 4 rings (SSSR count). The van der Waals surface area contributed by atoms with Crippen LogP contribution in [0.3, 0.4) is 0 Å². The van der Waals surface area contributed by atoms with Crippen LogP contribution < -0.4 is 4.74 Å². The monoisotopic (exact) mass is 353 g/mol. The quantitative estimate of drug-likeness (QED) is 0.715. The second-order valence-corrected chi connectivity index (χ2v) is 6.24. The van der Waals surface area contributed by atoms with Crippen LogP contribution in [0, 0.1) is 0 Å². The van der Waals surface area contributed by atoms with E-state index in [0.717, 1.165) is 24.2 Å². The van der Waals surface area contributed by atoms with Crippen molar-refractivity contribution in [1.29, 1.82) is 0 Å². The Balaban J connectivity index is 1.49. The van der Waals surface area contributed by atoms with Crippen molar-refractivity contribution in [2.75, 3.05) is 20.2 Å². The molecule has 1 aliphatic heterocycles. The molecule has 7 heteroatoms. The minimum Gasteiger partial charge on any atom is -0.497 e. The van der Waals surface area contributed by atoms with Gasteiger partial charge in [-0.25, -0.2) is 0 Å². The maximum Gasteiger partial charge on any atom is 0.289 e. The zero-order valence-electron chi connectivity index (χ0n) is 14.4. The molecule has 1 saturated heterocycles. The summed E-state index contributed by atoms with van der Waals surface area (Å²) in [4.78, 5) is 14.3. The molecule has 26 heavy (non-hydrogen) atoms. The number of ether oxygens (including phenoxy) is 1. The Kier molecular flexibility index (Phi) is 4.43. The molecular weight excluding hydrogens is 334 g/mol. The van der Waals surface area contributed by atoms with Gasteiger partial charge >= 0.3 is 0 Å². The van der Waals surface area contributed by atoms with E-state index in [1.54, 1.807) is 24.1 Å². The van der Waals surface area contributed by atoms with Gasteiger partial charge < -0.3 is 18.5 Å². The molecule has 7 nitrogen and oxygen atoms in total. The lowest BCUT2D eigenvalue weighted by Gasteiger charge is -2.30. The van der Waals surface area contributed by atoms with Crippen molar-refractivity contribution in [1.82, 2.24) is 15.1 Å². The number of aromatic nitrogens is 2. The molecule has 3 heterocycles. The number of benzene rings is 1. The van der Waals surface area contributed by atoms with Gasteiger partial charge in [0.25, 0.3) is 5.91 Å². The minimum atomic E-state index is -0.102. The lowest BCUT2D eigenvalue weighted by molar-refractivity contribution is 0.0666. The summed E-state index contributed by atoms with van der Waals surface area (Å²) >= 11 is 0. The van der Waals surface area contributed by atoms with E-state index in [9.17, 15) is 4.79 Å². The SMILES string of the molecule is COc1ccc(-c2nnc([C@@H]3CCCN(C(=O)c4ccco4)C3)o2)cc1. The largest absolute Gasteiger partial charge is 0.497 e. The number of furan rings is 1. The van der Waals surface area contributed by atoms with E-state index in [0.29, 0.717) is 30.6 Å². The molecule has 1 atom stereocenters. The number of hydrogen-bond donors (Lipinski definition) is 0. The molecule has 0 radical (unpaired) electrons. The fourth-order valence-electron chi connectivity index (χ4n) is 3.17. The van der Waals surface area contributed by atoms with Crippen LogP contribution in [-0.2, 0) is 0 Å². The highest BCUT2D eigenvalue weighted by molar-refractivity contribution is 5.91. The van der Waals surface area contributed by atoms with E-state index in [4.69, 9.17) is 13.6 Å². The van der Waals surface area contributed by atoms with Gasteiger partial charge in [0.15, 0.2) is 5.76 Å². The van der Waals surface area contributed by atoms with Crippen LogP contribution in [0.2, 0.25) is 0 Å². The van der Waals surface area contributed by atoms with Gasteiger partial charge in [-0.1, -0.05) is 0 Å². The zero-order chi connectivity index (χ0) is 17.9. The van der Waals surface area contributed by atoms with Crippen LogP contribution in [-0.4, -0.2) is 41.2 Å². The number of methoxy groups -OCH3 is 1. The molecule has 3 aromatic rings. The zero-order valence-corrected chi connectivity index (χ0v) is 14.4. The van der Waals surface area contributed by atoms with Crippen molar-refractivity contribution in [3.63, 3.8) is 0 Å². The standard InChI is InChI=1S/C19H19N3O4/c1-24-15-8-6-13(7-9-15)17-20-21-18(26-17)14-4-2-10-22(12-14)19(23)16-5-3-11-25-16/h3,5-9,11,14H,2,4,10,12H2,1H3/t14-/m1/s1. The summed E-state index contributed by atoms with van der Waals surface area (Å²) in [6, 6.07) is 10.9. The van der Waals surface area contributed by atoms with E-state index in [1.807, 2.05) is 24.3 Å².